The Morgan fingerprint density at radius 1 is 1.25 bits per heavy atom. The van der Waals surface area contributed by atoms with Gasteiger partial charge in [0.25, 0.3) is 15.8 Å². The predicted molar refractivity (Wildman–Crippen MR) is 105 cm³/mol. The van der Waals surface area contributed by atoms with Crippen LogP contribution in [0.2, 0.25) is 0 Å². The molecule has 0 saturated carbocycles. The molecule has 28 heavy (non-hydrogen) atoms. The standard InChI is InChI=1S/C18H29N5O4S/c1-18(2,3)17(25)23-9-6-7-14(23)15-19-13-11-22(28(26,27)21(4)5)10-8-12(13)16(24)20-15/h14H,6-11H2,1-5H3,(H,19,20,24). The van der Waals surface area contributed by atoms with Gasteiger partial charge < -0.3 is 9.88 Å². The Labute approximate surface area is 165 Å². The lowest BCUT2D eigenvalue weighted by Gasteiger charge is -2.32. The van der Waals surface area contributed by atoms with Gasteiger partial charge >= 0.3 is 0 Å². The molecule has 2 aliphatic heterocycles. The minimum atomic E-state index is -3.58. The Bertz CT molecular complexity index is 932. The molecule has 1 fully saturated rings. The summed E-state index contributed by atoms with van der Waals surface area (Å²) in [6.07, 6.45) is 1.89. The van der Waals surface area contributed by atoms with Crippen molar-refractivity contribution >= 4 is 16.1 Å². The number of aromatic nitrogens is 2. The number of carbonyl (C=O) groups is 1. The molecule has 1 aromatic rings. The molecular weight excluding hydrogens is 382 g/mol. The molecule has 1 atom stereocenters. The van der Waals surface area contributed by atoms with Crippen molar-refractivity contribution in [2.24, 2.45) is 5.41 Å². The van der Waals surface area contributed by atoms with Crippen LogP contribution in [0.4, 0.5) is 0 Å². The number of carbonyl (C=O) groups excluding carboxylic acids is 1. The third kappa shape index (κ3) is 3.72. The summed E-state index contributed by atoms with van der Waals surface area (Å²) in [5.41, 5.74) is 0.247. The normalized spacial score (nSPS) is 21.2. The van der Waals surface area contributed by atoms with Gasteiger partial charge in [0, 0.05) is 38.2 Å². The fourth-order valence-electron chi connectivity index (χ4n) is 3.75. The molecule has 3 heterocycles. The minimum absolute atomic E-state index is 0.0205. The number of nitrogens with zero attached hydrogens (tertiary/aromatic N) is 4. The van der Waals surface area contributed by atoms with E-state index in [0.29, 0.717) is 30.0 Å². The molecule has 9 nitrogen and oxygen atoms in total. The summed E-state index contributed by atoms with van der Waals surface area (Å²) < 4.78 is 27.4. The summed E-state index contributed by atoms with van der Waals surface area (Å²) in [5.74, 6) is 0.468. The van der Waals surface area contributed by atoms with Crippen LogP contribution in [-0.2, 0) is 28.0 Å². The zero-order valence-corrected chi connectivity index (χ0v) is 18.0. The molecule has 0 bridgehead atoms. The van der Waals surface area contributed by atoms with E-state index in [4.69, 9.17) is 0 Å². The summed E-state index contributed by atoms with van der Waals surface area (Å²) in [4.78, 5) is 34.7. The molecule has 0 aliphatic carbocycles. The van der Waals surface area contributed by atoms with Gasteiger partial charge in [-0.2, -0.15) is 17.0 Å². The van der Waals surface area contributed by atoms with Crippen molar-refractivity contribution in [2.75, 3.05) is 27.2 Å². The third-order valence-electron chi connectivity index (χ3n) is 5.32. The van der Waals surface area contributed by atoms with Crippen molar-refractivity contribution in [2.45, 2.75) is 52.6 Å². The molecule has 156 valence electrons. The number of aromatic amines is 1. The van der Waals surface area contributed by atoms with E-state index < -0.39 is 15.6 Å². The molecule has 1 saturated heterocycles. The lowest BCUT2D eigenvalue weighted by atomic mass is 9.94. The zero-order chi connectivity index (χ0) is 20.9. The summed E-state index contributed by atoms with van der Waals surface area (Å²) >= 11 is 0. The van der Waals surface area contributed by atoms with E-state index in [-0.39, 0.29) is 30.6 Å². The van der Waals surface area contributed by atoms with Crippen LogP contribution in [0.3, 0.4) is 0 Å². The third-order valence-corrected chi connectivity index (χ3v) is 7.20. The van der Waals surface area contributed by atoms with Crippen molar-refractivity contribution in [3.05, 3.63) is 27.4 Å². The topological polar surface area (TPSA) is 107 Å². The minimum Gasteiger partial charge on any atom is -0.332 e. The highest BCUT2D eigenvalue weighted by Crippen LogP contribution is 2.34. The van der Waals surface area contributed by atoms with Gasteiger partial charge in [0.2, 0.25) is 5.91 Å². The Morgan fingerprint density at radius 2 is 1.93 bits per heavy atom. The molecular formula is C18H29N5O4S. The van der Waals surface area contributed by atoms with Gasteiger partial charge in [-0.25, -0.2) is 4.98 Å². The molecule has 0 spiro atoms. The second kappa shape index (κ2) is 7.23. The van der Waals surface area contributed by atoms with E-state index in [2.05, 4.69) is 9.97 Å². The number of amides is 1. The average Bonchev–Trinajstić information content (AvgIpc) is 3.09. The van der Waals surface area contributed by atoms with Crippen LogP contribution in [0.15, 0.2) is 4.79 Å². The van der Waals surface area contributed by atoms with E-state index in [1.165, 1.54) is 18.4 Å². The summed E-state index contributed by atoms with van der Waals surface area (Å²) in [7, 11) is -0.617. The van der Waals surface area contributed by atoms with Gasteiger partial charge in [-0.1, -0.05) is 20.8 Å². The van der Waals surface area contributed by atoms with Crippen molar-refractivity contribution in [1.29, 1.82) is 0 Å². The van der Waals surface area contributed by atoms with Gasteiger partial charge in [-0.3, -0.25) is 9.59 Å². The van der Waals surface area contributed by atoms with Crippen LogP contribution in [0.1, 0.15) is 56.7 Å². The fourth-order valence-corrected chi connectivity index (χ4v) is 4.81. The number of hydrogen-bond acceptors (Lipinski definition) is 5. The lowest BCUT2D eigenvalue weighted by Crippen LogP contribution is -2.45. The van der Waals surface area contributed by atoms with Gasteiger partial charge in [0.05, 0.1) is 18.3 Å². The first-order chi connectivity index (χ1) is 12.9. The van der Waals surface area contributed by atoms with Crippen molar-refractivity contribution in [3.8, 4) is 0 Å². The van der Waals surface area contributed by atoms with Crippen LogP contribution in [0, 0.1) is 5.41 Å². The highest BCUT2D eigenvalue weighted by Gasteiger charge is 2.38. The Hall–Kier alpha value is -1.78. The number of likely N-dealkylation sites (tertiary alicyclic amines) is 1. The zero-order valence-electron chi connectivity index (χ0n) is 17.2. The highest BCUT2D eigenvalue weighted by molar-refractivity contribution is 7.86. The first-order valence-corrected chi connectivity index (χ1v) is 10.9. The first kappa shape index (κ1) is 20.9. The number of fused-ring (bicyclic) bond motifs is 1. The largest absolute Gasteiger partial charge is 0.332 e. The van der Waals surface area contributed by atoms with Gasteiger partial charge in [0.15, 0.2) is 0 Å². The number of H-pyrrole nitrogens is 1. The Balaban J connectivity index is 1.95. The van der Waals surface area contributed by atoms with Crippen LogP contribution < -0.4 is 5.56 Å². The fraction of sp³-hybridized carbons (Fsp3) is 0.722. The van der Waals surface area contributed by atoms with E-state index in [1.807, 2.05) is 20.8 Å². The molecule has 10 heteroatoms. The van der Waals surface area contributed by atoms with Gasteiger partial charge in [-0.15, -0.1) is 0 Å². The van der Waals surface area contributed by atoms with E-state index in [9.17, 15) is 18.0 Å². The second-order valence-corrected chi connectivity index (χ2v) is 10.8. The van der Waals surface area contributed by atoms with Crippen molar-refractivity contribution in [1.82, 2.24) is 23.5 Å². The van der Waals surface area contributed by atoms with Crippen molar-refractivity contribution in [3.63, 3.8) is 0 Å². The number of nitrogens with one attached hydrogen (secondary N) is 1. The molecule has 1 unspecified atom stereocenters. The van der Waals surface area contributed by atoms with Crippen molar-refractivity contribution < 1.29 is 13.2 Å². The lowest BCUT2D eigenvalue weighted by molar-refractivity contribution is -0.140. The molecule has 3 rings (SSSR count). The summed E-state index contributed by atoms with van der Waals surface area (Å²) in [6.45, 7) is 6.55. The van der Waals surface area contributed by atoms with Crippen LogP contribution in [-0.4, -0.2) is 65.0 Å². The van der Waals surface area contributed by atoms with Gasteiger partial charge in [-0.05, 0) is 19.3 Å². The molecule has 0 radical (unpaired) electrons. The van der Waals surface area contributed by atoms with E-state index in [0.717, 1.165) is 17.1 Å². The number of rotatable bonds is 3. The Kier molecular flexibility index (Phi) is 5.41. The van der Waals surface area contributed by atoms with E-state index >= 15 is 0 Å². The first-order valence-electron chi connectivity index (χ1n) is 9.53. The Morgan fingerprint density at radius 3 is 2.54 bits per heavy atom. The highest BCUT2D eigenvalue weighted by atomic mass is 32.2. The molecule has 2 aliphatic rings. The number of hydrogen-bond donors (Lipinski definition) is 1. The van der Waals surface area contributed by atoms with Gasteiger partial charge in [0.1, 0.15) is 5.82 Å². The maximum Gasteiger partial charge on any atom is 0.281 e. The molecule has 1 N–H and O–H groups in total. The predicted octanol–water partition coefficient (Wildman–Crippen LogP) is 0.644. The molecule has 1 amide bonds. The van der Waals surface area contributed by atoms with Crippen LogP contribution in [0.5, 0.6) is 0 Å². The summed E-state index contributed by atoms with van der Waals surface area (Å²) in [5, 5.41) is 0. The van der Waals surface area contributed by atoms with Crippen LogP contribution in [0.25, 0.3) is 0 Å². The summed E-state index contributed by atoms with van der Waals surface area (Å²) in [6, 6.07) is -0.287. The maximum atomic E-state index is 12.8. The molecule has 1 aromatic heterocycles. The smallest absolute Gasteiger partial charge is 0.281 e. The molecule has 0 aromatic carbocycles. The van der Waals surface area contributed by atoms with Crippen LogP contribution >= 0.6 is 0 Å². The SMILES string of the molecule is CN(C)S(=O)(=O)N1CCc2c(nc(C3CCCN3C(=O)C(C)(C)C)[nH]c2=O)C1. The average molecular weight is 412 g/mol. The maximum absolute atomic E-state index is 12.8. The van der Waals surface area contributed by atoms with E-state index in [1.54, 1.807) is 4.90 Å². The monoisotopic (exact) mass is 411 g/mol. The second-order valence-electron chi connectivity index (χ2n) is 8.66. The quantitative estimate of drug-likeness (QED) is 0.786.